The summed E-state index contributed by atoms with van der Waals surface area (Å²) in [6.45, 7) is 1.43. The van der Waals surface area contributed by atoms with Gasteiger partial charge in [0.2, 0.25) is 5.91 Å². The number of hydrogen-bond acceptors (Lipinski definition) is 3. The highest BCUT2D eigenvalue weighted by Crippen LogP contribution is 2.23. The van der Waals surface area contributed by atoms with Crippen LogP contribution in [0.5, 0.6) is 0 Å². The average molecular weight is 316 g/mol. The molecule has 1 aromatic rings. The number of carbonyl (C=O) groups excluding carboxylic acids is 3. The van der Waals surface area contributed by atoms with Gasteiger partial charge in [-0.25, -0.2) is 4.79 Å². The number of anilines is 1. The number of nitrogens with one attached hydrogen (secondary N) is 4. The third-order valence-corrected chi connectivity index (χ3v) is 4.26. The van der Waals surface area contributed by atoms with Crippen molar-refractivity contribution in [1.82, 2.24) is 16.0 Å². The number of rotatable bonds is 3. The quantitative estimate of drug-likeness (QED) is 0.669. The van der Waals surface area contributed by atoms with Gasteiger partial charge in [0.25, 0.3) is 5.91 Å². The van der Waals surface area contributed by atoms with Gasteiger partial charge in [0, 0.05) is 24.2 Å². The van der Waals surface area contributed by atoms with Crippen molar-refractivity contribution in [3.63, 3.8) is 0 Å². The smallest absolute Gasteiger partial charge is 0.315 e. The predicted octanol–water partition coefficient (Wildman–Crippen LogP) is 0.977. The number of fused-ring (bicyclic) bond motifs is 1. The molecule has 23 heavy (non-hydrogen) atoms. The van der Waals surface area contributed by atoms with E-state index in [0.717, 1.165) is 19.3 Å². The Morgan fingerprint density at radius 3 is 2.74 bits per heavy atom. The molecule has 4 N–H and O–H groups in total. The Balaban J connectivity index is 1.61. The van der Waals surface area contributed by atoms with Crippen molar-refractivity contribution in [3.8, 4) is 0 Å². The molecule has 2 fully saturated rings. The fourth-order valence-electron chi connectivity index (χ4n) is 3.22. The lowest BCUT2D eigenvalue weighted by Crippen LogP contribution is -2.47. The van der Waals surface area contributed by atoms with Crippen LogP contribution in [0.15, 0.2) is 24.3 Å². The van der Waals surface area contributed by atoms with Crippen LogP contribution < -0.4 is 21.3 Å². The third-order valence-electron chi connectivity index (χ3n) is 4.26. The van der Waals surface area contributed by atoms with Crippen LogP contribution in [-0.4, -0.2) is 36.0 Å². The van der Waals surface area contributed by atoms with E-state index in [2.05, 4.69) is 21.3 Å². The molecule has 0 bridgehead atoms. The van der Waals surface area contributed by atoms with Crippen LogP contribution in [0.3, 0.4) is 0 Å². The fourth-order valence-corrected chi connectivity index (χ4v) is 3.22. The van der Waals surface area contributed by atoms with Crippen LogP contribution in [0.1, 0.15) is 36.5 Å². The monoisotopic (exact) mass is 316 g/mol. The summed E-state index contributed by atoms with van der Waals surface area (Å²) in [4.78, 5) is 34.8. The Morgan fingerprint density at radius 1 is 1.17 bits per heavy atom. The molecule has 3 atom stereocenters. The second-order valence-electron chi connectivity index (χ2n) is 6.08. The third kappa shape index (κ3) is 3.61. The second kappa shape index (κ2) is 6.28. The van der Waals surface area contributed by atoms with Gasteiger partial charge in [-0.1, -0.05) is 6.07 Å². The van der Waals surface area contributed by atoms with Gasteiger partial charge >= 0.3 is 6.03 Å². The summed E-state index contributed by atoms with van der Waals surface area (Å²) in [5.74, 6) is -0.344. The summed E-state index contributed by atoms with van der Waals surface area (Å²) in [6, 6.07) is 6.99. The molecule has 1 heterocycles. The van der Waals surface area contributed by atoms with E-state index in [1.165, 1.54) is 6.92 Å². The molecule has 4 amide bonds. The molecular weight excluding hydrogens is 296 g/mol. The first-order chi connectivity index (χ1) is 11.0. The topological polar surface area (TPSA) is 99.3 Å². The Kier molecular flexibility index (Phi) is 4.18. The molecule has 0 spiro atoms. The molecule has 3 unspecified atom stereocenters. The van der Waals surface area contributed by atoms with Gasteiger partial charge in [-0.15, -0.1) is 0 Å². The standard InChI is InChI=1S/C16H20N4O3/c1-9(21)17-11-4-2-3-10(7-11)15(22)18-12-5-6-13-14(8-12)20-16(23)19-13/h2-4,7,12-14H,5-6,8H2,1H3,(H,17,21)(H,18,22)(H2,19,20,23). The highest BCUT2D eigenvalue weighted by Gasteiger charge is 2.37. The lowest BCUT2D eigenvalue weighted by atomic mass is 9.87. The van der Waals surface area contributed by atoms with Crippen molar-refractivity contribution < 1.29 is 14.4 Å². The maximum atomic E-state index is 12.4. The molecule has 7 nitrogen and oxygen atoms in total. The highest BCUT2D eigenvalue weighted by atomic mass is 16.2. The second-order valence-corrected chi connectivity index (χ2v) is 6.08. The van der Waals surface area contributed by atoms with E-state index in [-0.39, 0.29) is 36.0 Å². The Morgan fingerprint density at radius 2 is 1.96 bits per heavy atom. The molecule has 7 heteroatoms. The summed E-state index contributed by atoms with van der Waals surface area (Å²) >= 11 is 0. The summed E-state index contributed by atoms with van der Waals surface area (Å²) < 4.78 is 0. The molecule has 122 valence electrons. The number of carbonyl (C=O) groups is 3. The van der Waals surface area contributed by atoms with E-state index < -0.39 is 0 Å². The Hall–Kier alpha value is -2.57. The lowest BCUT2D eigenvalue weighted by Gasteiger charge is -2.31. The Bertz CT molecular complexity index is 646. The molecule has 1 saturated heterocycles. The first kappa shape index (κ1) is 15.3. The number of benzene rings is 1. The van der Waals surface area contributed by atoms with E-state index in [0.29, 0.717) is 11.3 Å². The van der Waals surface area contributed by atoms with Gasteiger partial charge < -0.3 is 21.3 Å². The van der Waals surface area contributed by atoms with Crippen molar-refractivity contribution >= 4 is 23.5 Å². The largest absolute Gasteiger partial charge is 0.349 e. The fraction of sp³-hybridized carbons (Fsp3) is 0.438. The van der Waals surface area contributed by atoms with Gasteiger partial charge in [0.05, 0.1) is 12.1 Å². The minimum Gasteiger partial charge on any atom is -0.349 e. The van der Waals surface area contributed by atoms with E-state index in [4.69, 9.17) is 0 Å². The zero-order chi connectivity index (χ0) is 16.4. The van der Waals surface area contributed by atoms with E-state index in [9.17, 15) is 14.4 Å². The predicted molar refractivity (Wildman–Crippen MR) is 85.1 cm³/mol. The van der Waals surface area contributed by atoms with Crippen molar-refractivity contribution in [2.75, 3.05) is 5.32 Å². The van der Waals surface area contributed by atoms with E-state index in [1.54, 1.807) is 24.3 Å². The maximum Gasteiger partial charge on any atom is 0.315 e. The molecule has 1 aliphatic heterocycles. The first-order valence-electron chi connectivity index (χ1n) is 7.77. The van der Waals surface area contributed by atoms with Crippen molar-refractivity contribution in [3.05, 3.63) is 29.8 Å². The van der Waals surface area contributed by atoms with Gasteiger partial charge in [0.15, 0.2) is 0 Å². The van der Waals surface area contributed by atoms with Crippen molar-refractivity contribution in [1.29, 1.82) is 0 Å². The van der Waals surface area contributed by atoms with Crippen molar-refractivity contribution in [2.24, 2.45) is 0 Å². The Labute approximate surface area is 134 Å². The van der Waals surface area contributed by atoms with E-state index >= 15 is 0 Å². The average Bonchev–Trinajstić information content (AvgIpc) is 2.86. The maximum absolute atomic E-state index is 12.4. The number of urea groups is 1. The van der Waals surface area contributed by atoms with Gasteiger partial charge in [-0.3, -0.25) is 9.59 Å². The van der Waals surface area contributed by atoms with Crippen LogP contribution in [0, 0.1) is 0 Å². The zero-order valence-corrected chi connectivity index (χ0v) is 12.9. The molecule has 0 radical (unpaired) electrons. The summed E-state index contributed by atoms with van der Waals surface area (Å²) in [5.41, 5.74) is 1.10. The van der Waals surface area contributed by atoms with Gasteiger partial charge in [-0.2, -0.15) is 0 Å². The van der Waals surface area contributed by atoms with Crippen LogP contribution in [0.25, 0.3) is 0 Å². The number of hydrogen-bond donors (Lipinski definition) is 4. The molecule has 2 aliphatic rings. The van der Waals surface area contributed by atoms with Crippen LogP contribution in [-0.2, 0) is 4.79 Å². The normalized spacial score (nSPS) is 25.8. The number of amides is 4. The van der Waals surface area contributed by atoms with Gasteiger partial charge in [0.1, 0.15) is 0 Å². The summed E-state index contributed by atoms with van der Waals surface area (Å²) in [7, 11) is 0. The molecule has 1 saturated carbocycles. The minimum absolute atomic E-state index is 0.0355. The summed E-state index contributed by atoms with van der Waals surface area (Å²) in [5, 5.41) is 11.4. The molecule has 0 aromatic heterocycles. The highest BCUT2D eigenvalue weighted by molar-refractivity contribution is 5.97. The van der Waals surface area contributed by atoms with Gasteiger partial charge in [-0.05, 0) is 37.5 Å². The molecule has 1 aromatic carbocycles. The lowest BCUT2D eigenvalue weighted by molar-refractivity contribution is -0.114. The summed E-state index contributed by atoms with van der Waals surface area (Å²) in [6.07, 6.45) is 2.40. The molecule has 1 aliphatic carbocycles. The molecular formula is C16H20N4O3. The first-order valence-corrected chi connectivity index (χ1v) is 7.77. The zero-order valence-electron chi connectivity index (χ0n) is 12.9. The van der Waals surface area contributed by atoms with Crippen molar-refractivity contribution in [2.45, 2.75) is 44.3 Å². The SMILES string of the molecule is CC(=O)Nc1cccc(C(=O)NC2CCC3NC(=O)NC3C2)c1. The molecule has 3 rings (SSSR count). The van der Waals surface area contributed by atoms with E-state index in [1.807, 2.05) is 0 Å². The minimum atomic E-state index is -0.176. The van der Waals surface area contributed by atoms with Crippen LogP contribution >= 0.6 is 0 Å². The van der Waals surface area contributed by atoms with Crippen LogP contribution in [0.4, 0.5) is 10.5 Å². The van der Waals surface area contributed by atoms with Crippen LogP contribution in [0.2, 0.25) is 0 Å².